The first-order valence-electron chi connectivity index (χ1n) is 10.6. The van der Waals surface area contributed by atoms with Gasteiger partial charge in [-0.1, -0.05) is 24.6 Å². The van der Waals surface area contributed by atoms with Crippen LogP contribution in [0.4, 0.5) is 4.79 Å². The molecule has 2 saturated heterocycles. The summed E-state index contributed by atoms with van der Waals surface area (Å²) in [6.45, 7) is 7.20. The average molecular weight is 386 g/mol. The van der Waals surface area contributed by atoms with Gasteiger partial charge in [0, 0.05) is 51.6 Å². The molecule has 152 valence electrons. The zero-order valence-corrected chi connectivity index (χ0v) is 17.1. The Morgan fingerprint density at radius 3 is 2.57 bits per heavy atom. The van der Waals surface area contributed by atoms with Crippen LogP contribution in [0.15, 0.2) is 18.2 Å². The second-order valence-corrected chi connectivity index (χ2v) is 8.47. The zero-order valence-electron chi connectivity index (χ0n) is 17.1. The molecule has 2 fully saturated rings. The van der Waals surface area contributed by atoms with Gasteiger partial charge < -0.3 is 19.4 Å². The summed E-state index contributed by atoms with van der Waals surface area (Å²) in [5, 5.41) is 0. The summed E-state index contributed by atoms with van der Waals surface area (Å²) in [6, 6.07) is 6.04. The zero-order chi connectivity index (χ0) is 19.7. The largest absolute Gasteiger partial charge is 0.450 e. The molecule has 0 saturated carbocycles. The molecule has 1 aromatic carbocycles. The number of hydrogen-bond acceptors (Lipinski definition) is 4. The molecule has 2 amide bonds. The molecular weight excluding hydrogens is 354 g/mol. The number of aryl methyl sites for hydroxylation is 1. The second kappa shape index (κ2) is 7.74. The lowest BCUT2D eigenvalue weighted by atomic mass is 9.83. The van der Waals surface area contributed by atoms with Crippen molar-refractivity contribution in [1.82, 2.24) is 14.7 Å². The van der Waals surface area contributed by atoms with Gasteiger partial charge in [0.2, 0.25) is 0 Å². The summed E-state index contributed by atoms with van der Waals surface area (Å²) >= 11 is 0. The van der Waals surface area contributed by atoms with Crippen LogP contribution in [0.25, 0.3) is 0 Å². The van der Waals surface area contributed by atoms with Gasteiger partial charge in [0.05, 0.1) is 5.56 Å². The summed E-state index contributed by atoms with van der Waals surface area (Å²) in [6.07, 6.45) is 5.20. The van der Waals surface area contributed by atoms with E-state index in [1.54, 1.807) is 0 Å². The summed E-state index contributed by atoms with van der Waals surface area (Å²) < 4.78 is 5.86. The molecule has 3 heterocycles. The maximum atomic E-state index is 12.9. The predicted octanol–water partition coefficient (Wildman–Crippen LogP) is 2.99. The quantitative estimate of drug-likeness (QED) is 0.751. The van der Waals surface area contributed by atoms with E-state index < -0.39 is 5.60 Å². The Labute approximate surface area is 167 Å². The van der Waals surface area contributed by atoms with Gasteiger partial charge >= 0.3 is 12.0 Å². The third-order valence-corrected chi connectivity index (χ3v) is 6.62. The molecule has 0 aromatic heterocycles. The molecule has 0 bridgehead atoms. The van der Waals surface area contributed by atoms with Crippen LogP contribution in [0, 0.1) is 6.92 Å². The smallest absolute Gasteiger partial charge is 0.339 e. The number of esters is 1. The van der Waals surface area contributed by atoms with E-state index in [4.69, 9.17) is 4.74 Å². The fraction of sp³-hybridized carbons (Fsp3) is 0.636. The minimum absolute atomic E-state index is 0.0839. The molecule has 0 atom stereocenters. The van der Waals surface area contributed by atoms with Crippen LogP contribution in [0.2, 0.25) is 0 Å². The van der Waals surface area contributed by atoms with Gasteiger partial charge in [0.15, 0.2) is 0 Å². The van der Waals surface area contributed by atoms with Crippen molar-refractivity contribution in [2.24, 2.45) is 0 Å². The topological polar surface area (TPSA) is 53.1 Å². The monoisotopic (exact) mass is 385 g/mol. The molecular formula is C22H31N3O3. The maximum absolute atomic E-state index is 12.9. The maximum Gasteiger partial charge on any atom is 0.339 e. The number of hydrogen-bond donors (Lipinski definition) is 0. The number of amides is 2. The first kappa shape index (κ1) is 19.2. The van der Waals surface area contributed by atoms with E-state index in [0.29, 0.717) is 25.9 Å². The van der Waals surface area contributed by atoms with Crippen molar-refractivity contribution in [3.8, 4) is 0 Å². The van der Waals surface area contributed by atoms with E-state index in [1.807, 2.05) is 42.0 Å². The van der Waals surface area contributed by atoms with Gasteiger partial charge in [-0.05, 0) is 38.4 Å². The highest BCUT2D eigenvalue weighted by Gasteiger charge is 2.48. The number of urea groups is 1. The van der Waals surface area contributed by atoms with Crippen LogP contribution in [0.1, 0.15) is 53.6 Å². The lowest BCUT2D eigenvalue weighted by molar-refractivity contribution is -0.0384. The number of likely N-dealkylation sites (N-methyl/N-ethyl adjacent to an activating group) is 1. The van der Waals surface area contributed by atoms with Crippen LogP contribution in [0.3, 0.4) is 0 Å². The molecule has 1 spiro atoms. The molecule has 1 aromatic rings. The van der Waals surface area contributed by atoms with Crippen LogP contribution < -0.4 is 0 Å². The standard InChI is InChI=1S/C22H31N3O3/c1-17-7-6-8-18-19(17)20(26)28-22(18)9-13-25(14-10-22)21(27)23(2)15-16-24-11-4-3-5-12-24/h6-8H,3-5,9-16H2,1-2H3. The number of benzene rings is 1. The number of carbonyl (C=O) groups is 2. The Balaban J connectivity index is 1.35. The fourth-order valence-corrected chi connectivity index (χ4v) is 4.84. The third-order valence-electron chi connectivity index (χ3n) is 6.62. The summed E-state index contributed by atoms with van der Waals surface area (Å²) in [7, 11) is 1.89. The van der Waals surface area contributed by atoms with Crippen LogP contribution in [-0.2, 0) is 10.3 Å². The van der Waals surface area contributed by atoms with Crippen molar-refractivity contribution in [2.75, 3.05) is 46.3 Å². The highest BCUT2D eigenvalue weighted by Crippen LogP contribution is 2.45. The predicted molar refractivity (Wildman–Crippen MR) is 107 cm³/mol. The van der Waals surface area contributed by atoms with E-state index >= 15 is 0 Å². The summed E-state index contributed by atoms with van der Waals surface area (Å²) in [5.74, 6) is -0.216. The van der Waals surface area contributed by atoms with E-state index in [-0.39, 0.29) is 12.0 Å². The van der Waals surface area contributed by atoms with Crippen molar-refractivity contribution in [1.29, 1.82) is 0 Å². The number of likely N-dealkylation sites (tertiary alicyclic amines) is 2. The molecule has 28 heavy (non-hydrogen) atoms. The molecule has 6 heteroatoms. The van der Waals surface area contributed by atoms with Crippen molar-refractivity contribution < 1.29 is 14.3 Å². The van der Waals surface area contributed by atoms with Gasteiger partial charge in [-0.2, -0.15) is 0 Å². The minimum atomic E-state index is -0.554. The lowest BCUT2D eigenvalue weighted by Crippen LogP contribution is -2.50. The van der Waals surface area contributed by atoms with Gasteiger partial charge in [-0.25, -0.2) is 9.59 Å². The molecule has 4 rings (SSSR count). The van der Waals surface area contributed by atoms with E-state index in [0.717, 1.165) is 42.9 Å². The number of rotatable bonds is 3. The van der Waals surface area contributed by atoms with Gasteiger partial charge in [-0.3, -0.25) is 0 Å². The van der Waals surface area contributed by atoms with Gasteiger partial charge in [-0.15, -0.1) is 0 Å². The molecule has 0 radical (unpaired) electrons. The van der Waals surface area contributed by atoms with E-state index in [1.165, 1.54) is 19.3 Å². The Bertz CT molecular complexity index is 749. The first-order chi connectivity index (χ1) is 13.5. The minimum Gasteiger partial charge on any atom is -0.450 e. The van der Waals surface area contributed by atoms with Crippen molar-refractivity contribution in [2.45, 2.75) is 44.6 Å². The first-order valence-corrected chi connectivity index (χ1v) is 10.6. The molecule has 3 aliphatic rings. The highest BCUT2D eigenvalue weighted by atomic mass is 16.6. The number of carbonyl (C=O) groups excluding carboxylic acids is 2. The fourth-order valence-electron chi connectivity index (χ4n) is 4.84. The van der Waals surface area contributed by atoms with E-state index in [9.17, 15) is 9.59 Å². The molecule has 6 nitrogen and oxygen atoms in total. The van der Waals surface area contributed by atoms with Crippen molar-refractivity contribution >= 4 is 12.0 Å². The van der Waals surface area contributed by atoms with Crippen LogP contribution >= 0.6 is 0 Å². The number of piperidine rings is 2. The normalized spacial score (nSPS) is 21.5. The Hall–Kier alpha value is -2.08. The number of nitrogens with zero attached hydrogens (tertiary/aromatic N) is 3. The molecule has 3 aliphatic heterocycles. The van der Waals surface area contributed by atoms with Crippen molar-refractivity contribution in [3.63, 3.8) is 0 Å². The number of fused-ring (bicyclic) bond motifs is 2. The Morgan fingerprint density at radius 1 is 1.14 bits per heavy atom. The SMILES string of the molecule is Cc1cccc2c1C(=O)OC21CCN(C(=O)N(C)CCN2CCCCC2)CC1. The molecule has 0 aliphatic carbocycles. The van der Waals surface area contributed by atoms with E-state index in [2.05, 4.69) is 4.90 Å². The third kappa shape index (κ3) is 3.50. The Kier molecular flexibility index (Phi) is 5.32. The summed E-state index contributed by atoms with van der Waals surface area (Å²) in [5.41, 5.74) is 2.14. The average Bonchev–Trinajstić information content (AvgIpc) is 2.99. The second-order valence-electron chi connectivity index (χ2n) is 8.47. The molecule has 0 N–H and O–H groups in total. The lowest BCUT2D eigenvalue weighted by Gasteiger charge is -2.40. The number of ether oxygens (including phenoxy) is 1. The van der Waals surface area contributed by atoms with Gasteiger partial charge in [0.1, 0.15) is 5.60 Å². The summed E-state index contributed by atoms with van der Waals surface area (Å²) in [4.78, 5) is 31.5. The highest BCUT2D eigenvalue weighted by molar-refractivity contribution is 5.96. The van der Waals surface area contributed by atoms with Crippen LogP contribution in [0.5, 0.6) is 0 Å². The van der Waals surface area contributed by atoms with Gasteiger partial charge in [0.25, 0.3) is 0 Å². The molecule has 0 unspecified atom stereocenters. The van der Waals surface area contributed by atoms with Crippen LogP contribution in [-0.4, -0.2) is 73.0 Å². The van der Waals surface area contributed by atoms with Crippen molar-refractivity contribution in [3.05, 3.63) is 34.9 Å². The Morgan fingerprint density at radius 2 is 1.86 bits per heavy atom.